The van der Waals surface area contributed by atoms with E-state index < -0.39 is 71.6 Å². The summed E-state index contributed by atoms with van der Waals surface area (Å²) in [6.07, 6.45) is -9.67. The van der Waals surface area contributed by atoms with Crippen LogP contribution in [0.2, 0.25) is 5.02 Å². The molecule has 0 radical (unpaired) electrons. The second-order valence-corrected chi connectivity index (χ2v) is 9.57. The molecule has 2 aliphatic rings. The van der Waals surface area contributed by atoms with Crippen molar-refractivity contribution >= 4 is 40.8 Å². The Morgan fingerprint density at radius 3 is 2.40 bits per heavy atom. The Morgan fingerprint density at radius 2 is 1.74 bits per heavy atom. The van der Waals surface area contributed by atoms with Gasteiger partial charge in [0.15, 0.2) is 6.04 Å². The lowest BCUT2D eigenvalue weighted by molar-refractivity contribution is -0.149. The van der Waals surface area contributed by atoms with Crippen LogP contribution in [0.25, 0.3) is 0 Å². The zero-order valence-electron chi connectivity index (χ0n) is 20.6. The smallest absolute Gasteiger partial charge is 0.416 e. The van der Waals surface area contributed by atoms with E-state index in [-0.39, 0.29) is 39.2 Å². The van der Waals surface area contributed by atoms with Crippen LogP contribution in [-0.4, -0.2) is 36.7 Å². The molecule has 0 saturated carbocycles. The molecule has 2 atom stereocenters. The van der Waals surface area contributed by atoms with E-state index in [4.69, 9.17) is 16.3 Å². The number of rotatable bonds is 4. The van der Waals surface area contributed by atoms with E-state index in [1.807, 2.05) is 0 Å². The third-order valence-corrected chi connectivity index (χ3v) is 6.62. The molecular formula is C26H15ClF8N4O3. The van der Waals surface area contributed by atoms with Crippen LogP contribution in [0.4, 0.5) is 46.5 Å². The number of hydrogen-bond acceptors (Lipinski definition) is 5. The van der Waals surface area contributed by atoms with Gasteiger partial charge < -0.3 is 20.7 Å². The van der Waals surface area contributed by atoms with E-state index in [1.54, 1.807) is 0 Å². The normalized spacial score (nSPS) is 18.2. The number of nitrogens with one attached hydrogen (secondary N) is 3. The third kappa shape index (κ3) is 5.82. The fourth-order valence-corrected chi connectivity index (χ4v) is 4.62. The van der Waals surface area contributed by atoms with Gasteiger partial charge in [0, 0.05) is 38.7 Å². The van der Waals surface area contributed by atoms with Gasteiger partial charge in [-0.3, -0.25) is 9.59 Å². The maximum absolute atomic E-state index is 14.1. The largest absolute Gasteiger partial charge is 0.462 e. The van der Waals surface area contributed by atoms with Gasteiger partial charge in [-0.25, -0.2) is 13.8 Å². The van der Waals surface area contributed by atoms with Crippen molar-refractivity contribution in [2.75, 3.05) is 17.2 Å². The number of alkyl halides is 6. The molecule has 2 amide bonds. The highest BCUT2D eigenvalue weighted by Gasteiger charge is 2.44. The number of hydrogen-bond donors (Lipinski definition) is 3. The Labute approximate surface area is 235 Å². The molecule has 3 aromatic rings. The Balaban J connectivity index is 1.59. The minimum Gasteiger partial charge on any atom is -0.462 e. The summed E-state index contributed by atoms with van der Waals surface area (Å²) in [5.41, 5.74) is -2.62. The summed E-state index contributed by atoms with van der Waals surface area (Å²) in [5.74, 6) is -4.07. The molecule has 2 unspecified atom stereocenters. The lowest BCUT2D eigenvalue weighted by atomic mass is 9.95. The van der Waals surface area contributed by atoms with Gasteiger partial charge in [0.05, 0.1) is 11.6 Å². The number of amides is 2. The SMILES string of the molecule is O=C(Nc1cc(NC2=NC(C(F)(F)F)CO2)cc2c1C(c1cc(F)ccc1Cl)NC2=O)c1cc(F)cc(C(F)(F)F)c1. The lowest BCUT2D eigenvalue weighted by Gasteiger charge is -2.19. The molecule has 2 aliphatic heterocycles. The van der Waals surface area contributed by atoms with E-state index >= 15 is 0 Å². The number of carbonyl (C=O) groups excluding carboxylic acids is 2. The maximum Gasteiger partial charge on any atom is 0.416 e. The molecule has 7 nitrogen and oxygen atoms in total. The first-order valence-corrected chi connectivity index (χ1v) is 12.1. The molecule has 42 heavy (non-hydrogen) atoms. The Kier molecular flexibility index (Phi) is 7.25. The minimum atomic E-state index is -4.98. The molecule has 0 saturated heterocycles. The van der Waals surface area contributed by atoms with Crippen molar-refractivity contribution in [3.05, 3.63) is 93.0 Å². The van der Waals surface area contributed by atoms with E-state index in [0.717, 1.165) is 18.2 Å². The fourth-order valence-electron chi connectivity index (χ4n) is 4.39. The van der Waals surface area contributed by atoms with Crippen LogP contribution in [-0.2, 0) is 10.9 Å². The minimum absolute atomic E-state index is 0.00120. The van der Waals surface area contributed by atoms with Gasteiger partial charge in [-0.05, 0) is 48.5 Å². The van der Waals surface area contributed by atoms with Gasteiger partial charge in [-0.2, -0.15) is 26.3 Å². The first-order valence-electron chi connectivity index (χ1n) is 11.8. The second kappa shape index (κ2) is 10.5. The number of aliphatic imine (C=N–C) groups is 1. The molecule has 0 fully saturated rings. The van der Waals surface area contributed by atoms with Crippen molar-refractivity contribution in [2.45, 2.75) is 24.4 Å². The maximum atomic E-state index is 14.1. The number of anilines is 2. The summed E-state index contributed by atoms with van der Waals surface area (Å²) in [5, 5.41) is 7.35. The number of ether oxygens (including phenoxy) is 1. The molecule has 0 aromatic heterocycles. The molecule has 0 spiro atoms. The topological polar surface area (TPSA) is 91.8 Å². The van der Waals surface area contributed by atoms with Crippen LogP contribution in [0.3, 0.4) is 0 Å². The quantitative estimate of drug-likeness (QED) is 0.293. The highest BCUT2D eigenvalue weighted by molar-refractivity contribution is 6.31. The van der Waals surface area contributed by atoms with Gasteiger partial charge >= 0.3 is 12.4 Å². The molecule has 16 heteroatoms. The first-order chi connectivity index (χ1) is 19.6. The third-order valence-electron chi connectivity index (χ3n) is 6.27. The van der Waals surface area contributed by atoms with Gasteiger partial charge in [-0.15, -0.1) is 0 Å². The van der Waals surface area contributed by atoms with Crippen LogP contribution in [0.15, 0.2) is 53.5 Å². The summed E-state index contributed by atoms with van der Waals surface area (Å²) < 4.78 is 112. The molecule has 3 aromatic carbocycles. The standard InChI is InChI=1S/C26H15ClF8N4O3/c27-17-2-1-12(28)6-15(17)21-20-16(23(41)39-21)7-14(36-24-38-19(9-42-24)26(33,34)35)8-18(20)37-22(40)10-3-11(25(30,31)32)5-13(29)4-10/h1-8,19,21H,9H2,(H,36,38)(H,37,40)(H,39,41). The van der Waals surface area contributed by atoms with Gasteiger partial charge in [0.1, 0.15) is 18.2 Å². The Hall–Kier alpha value is -4.40. The highest BCUT2D eigenvalue weighted by atomic mass is 35.5. The first kappa shape index (κ1) is 29.1. The van der Waals surface area contributed by atoms with E-state index in [0.29, 0.717) is 12.1 Å². The van der Waals surface area contributed by atoms with Crippen LogP contribution >= 0.6 is 11.6 Å². The van der Waals surface area contributed by atoms with Crippen LogP contribution in [0, 0.1) is 11.6 Å². The van der Waals surface area contributed by atoms with E-state index in [9.17, 15) is 44.7 Å². The van der Waals surface area contributed by atoms with Gasteiger partial charge in [0.25, 0.3) is 17.8 Å². The van der Waals surface area contributed by atoms with Gasteiger partial charge in [0.2, 0.25) is 0 Å². The predicted molar refractivity (Wildman–Crippen MR) is 133 cm³/mol. The molecule has 0 bridgehead atoms. The lowest BCUT2D eigenvalue weighted by Crippen LogP contribution is -2.27. The number of carbonyl (C=O) groups is 2. The highest BCUT2D eigenvalue weighted by Crippen LogP contribution is 2.41. The average Bonchev–Trinajstić information content (AvgIpc) is 3.49. The zero-order chi connectivity index (χ0) is 30.6. The Morgan fingerprint density at radius 1 is 1.00 bits per heavy atom. The van der Waals surface area contributed by atoms with Crippen LogP contribution in [0.1, 0.15) is 43.4 Å². The number of amidine groups is 1. The molecule has 0 aliphatic carbocycles. The molecule has 5 rings (SSSR count). The summed E-state index contributed by atoms with van der Waals surface area (Å²) in [4.78, 5) is 29.4. The molecule has 3 N–H and O–H groups in total. The summed E-state index contributed by atoms with van der Waals surface area (Å²) in [6.45, 7) is -0.817. The summed E-state index contributed by atoms with van der Waals surface area (Å²) in [6, 6.07) is 2.86. The van der Waals surface area contributed by atoms with Crippen molar-refractivity contribution in [3.8, 4) is 0 Å². The summed E-state index contributed by atoms with van der Waals surface area (Å²) >= 11 is 6.23. The van der Waals surface area contributed by atoms with Gasteiger partial charge in [-0.1, -0.05) is 11.6 Å². The van der Waals surface area contributed by atoms with E-state index in [2.05, 4.69) is 20.9 Å². The van der Waals surface area contributed by atoms with Crippen LogP contribution in [0.5, 0.6) is 0 Å². The van der Waals surface area contributed by atoms with Crippen molar-refractivity contribution in [1.29, 1.82) is 0 Å². The summed E-state index contributed by atoms with van der Waals surface area (Å²) in [7, 11) is 0. The molecule has 220 valence electrons. The second-order valence-electron chi connectivity index (χ2n) is 9.17. The number of benzene rings is 3. The van der Waals surface area contributed by atoms with Crippen molar-refractivity contribution in [2.24, 2.45) is 4.99 Å². The van der Waals surface area contributed by atoms with Crippen molar-refractivity contribution in [1.82, 2.24) is 5.32 Å². The van der Waals surface area contributed by atoms with Crippen molar-refractivity contribution in [3.63, 3.8) is 0 Å². The van der Waals surface area contributed by atoms with Crippen molar-refractivity contribution < 1.29 is 49.4 Å². The average molecular weight is 619 g/mol. The predicted octanol–water partition coefficient (Wildman–Crippen LogP) is 6.45. The number of nitrogens with zero attached hydrogens (tertiary/aromatic N) is 1. The Bertz CT molecular complexity index is 1640. The molecule has 2 heterocycles. The number of halogens is 9. The van der Waals surface area contributed by atoms with E-state index in [1.165, 1.54) is 12.1 Å². The monoisotopic (exact) mass is 618 g/mol. The zero-order valence-corrected chi connectivity index (χ0v) is 21.3. The molecular weight excluding hydrogens is 604 g/mol. The fraction of sp³-hybridized carbons (Fsp3) is 0.192. The van der Waals surface area contributed by atoms with Crippen LogP contribution < -0.4 is 16.0 Å². The number of fused-ring (bicyclic) bond motifs is 1.